The van der Waals surface area contributed by atoms with Gasteiger partial charge in [-0.05, 0) is 135 Å². The number of allylic oxidation sites excluding steroid dienone is 24. The zero-order valence-corrected chi connectivity index (χ0v) is 51.1. The maximum Gasteiger partial charge on any atom is 0.306 e. The van der Waals surface area contributed by atoms with Gasteiger partial charge in [-0.2, -0.15) is 0 Å². The van der Waals surface area contributed by atoms with Crippen molar-refractivity contribution in [3.63, 3.8) is 0 Å². The Hall–Kier alpha value is -4.71. The van der Waals surface area contributed by atoms with Crippen LogP contribution in [0.25, 0.3) is 0 Å². The lowest BCUT2D eigenvalue weighted by molar-refractivity contribution is -0.167. The van der Waals surface area contributed by atoms with Crippen molar-refractivity contribution in [1.82, 2.24) is 0 Å². The number of unbranched alkanes of at least 4 members (excludes halogenated alkanes) is 22. The summed E-state index contributed by atoms with van der Waals surface area (Å²) in [7, 11) is 0. The molecule has 0 aromatic heterocycles. The predicted octanol–water partition coefficient (Wildman–Crippen LogP) is 22.3. The van der Waals surface area contributed by atoms with Gasteiger partial charge < -0.3 is 14.2 Å². The van der Waals surface area contributed by atoms with Gasteiger partial charge >= 0.3 is 17.9 Å². The summed E-state index contributed by atoms with van der Waals surface area (Å²) in [6.07, 6.45) is 94.2. The molecule has 6 heteroatoms. The Bertz CT molecular complexity index is 1730. The van der Waals surface area contributed by atoms with E-state index in [1.165, 1.54) is 103 Å². The van der Waals surface area contributed by atoms with Crippen LogP contribution in [0.3, 0.4) is 0 Å². The van der Waals surface area contributed by atoms with E-state index in [4.69, 9.17) is 14.2 Å². The first-order chi connectivity index (χ1) is 39.0. The summed E-state index contributed by atoms with van der Waals surface area (Å²) in [6.45, 7) is 6.27. The zero-order valence-electron chi connectivity index (χ0n) is 51.1. The molecule has 1 atom stereocenters. The van der Waals surface area contributed by atoms with E-state index < -0.39 is 6.10 Å². The third-order valence-corrected chi connectivity index (χ3v) is 13.3. The lowest BCUT2D eigenvalue weighted by Gasteiger charge is -2.18. The summed E-state index contributed by atoms with van der Waals surface area (Å²) in [5, 5.41) is 0. The van der Waals surface area contributed by atoms with E-state index in [1.807, 2.05) is 0 Å². The Kier molecular flexibility index (Phi) is 61.9. The van der Waals surface area contributed by atoms with Crippen LogP contribution < -0.4 is 0 Å². The first-order valence-corrected chi connectivity index (χ1v) is 32.3. The van der Waals surface area contributed by atoms with E-state index in [0.717, 1.165) is 135 Å². The van der Waals surface area contributed by atoms with Crippen molar-refractivity contribution < 1.29 is 28.6 Å². The topological polar surface area (TPSA) is 78.9 Å². The van der Waals surface area contributed by atoms with Gasteiger partial charge in [0, 0.05) is 19.3 Å². The standard InChI is InChI=1S/C73H118O6/c1-4-7-10-13-16-19-22-25-28-30-32-34-36-38-40-42-45-48-51-54-57-60-63-66-72(75)78-69-70(68-77-71(74)65-62-59-56-53-50-47-44-27-24-21-18-15-12-9-6-3)79-73(76)67-64-61-58-55-52-49-46-43-41-39-37-35-33-31-29-26-23-20-17-14-11-8-5-2/h7-12,16-21,25-29,32-35,44,50,53,70H,4-6,13-15,22-24,30-31,36-43,45-49,51-52,54-69H2,1-3H3/b10-7-,11-8-,12-9-,19-16-,20-17-,21-18-,28-25-,29-26-,34-32-,35-33-,44-27-,53-50-. The molecular weight excluding hydrogens is 973 g/mol. The van der Waals surface area contributed by atoms with Gasteiger partial charge in [0.2, 0.25) is 0 Å². The molecular formula is C73H118O6. The number of esters is 3. The van der Waals surface area contributed by atoms with Crippen LogP contribution in [0.1, 0.15) is 278 Å². The van der Waals surface area contributed by atoms with E-state index in [0.29, 0.717) is 19.3 Å². The van der Waals surface area contributed by atoms with Crippen LogP contribution >= 0.6 is 0 Å². The fourth-order valence-electron chi connectivity index (χ4n) is 8.59. The van der Waals surface area contributed by atoms with Gasteiger partial charge in [0.15, 0.2) is 6.10 Å². The van der Waals surface area contributed by atoms with Gasteiger partial charge in [-0.15, -0.1) is 0 Å². The summed E-state index contributed by atoms with van der Waals surface area (Å²) in [6, 6.07) is 0. The summed E-state index contributed by atoms with van der Waals surface area (Å²) < 4.78 is 16.9. The van der Waals surface area contributed by atoms with Crippen molar-refractivity contribution in [2.24, 2.45) is 0 Å². The van der Waals surface area contributed by atoms with Crippen molar-refractivity contribution in [2.75, 3.05) is 13.2 Å². The van der Waals surface area contributed by atoms with E-state index in [9.17, 15) is 14.4 Å². The second-order valence-electron chi connectivity index (χ2n) is 20.9. The van der Waals surface area contributed by atoms with Crippen molar-refractivity contribution in [2.45, 2.75) is 284 Å². The average molecular weight is 1090 g/mol. The molecule has 0 aliphatic rings. The number of hydrogen-bond donors (Lipinski definition) is 0. The molecule has 0 bridgehead atoms. The molecule has 0 radical (unpaired) electrons. The number of hydrogen-bond acceptors (Lipinski definition) is 6. The van der Waals surface area contributed by atoms with Gasteiger partial charge in [-0.1, -0.05) is 269 Å². The molecule has 0 fully saturated rings. The molecule has 79 heavy (non-hydrogen) atoms. The molecule has 0 rings (SSSR count). The Morgan fingerprint density at radius 2 is 0.456 bits per heavy atom. The van der Waals surface area contributed by atoms with Gasteiger partial charge in [0.05, 0.1) is 0 Å². The van der Waals surface area contributed by atoms with Gasteiger partial charge in [-0.3, -0.25) is 14.4 Å². The average Bonchev–Trinajstić information content (AvgIpc) is 3.45. The fourth-order valence-corrected chi connectivity index (χ4v) is 8.59. The minimum atomic E-state index is -0.807. The van der Waals surface area contributed by atoms with E-state index in [2.05, 4.69) is 167 Å². The van der Waals surface area contributed by atoms with Gasteiger partial charge in [-0.25, -0.2) is 0 Å². The second-order valence-corrected chi connectivity index (χ2v) is 20.9. The number of ether oxygens (including phenoxy) is 3. The summed E-state index contributed by atoms with van der Waals surface area (Å²) in [5.41, 5.74) is 0. The number of carbonyl (C=O) groups is 3. The molecule has 0 saturated carbocycles. The minimum Gasteiger partial charge on any atom is -0.462 e. The molecule has 0 amide bonds. The first kappa shape index (κ1) is 74.3. The van der Waals surface area contributed by atoms with Crippen molar-refractivity contribution in [3.05, 3.63) is 146 Å². The highest BCUT2D eigenvalue weighted by Gasteiger charge is 2.19. The molecule has 0 saturated heterocycles. The fraction of sp³-hybridized carbons (Fsp3) is 0.630. The lowest BCUT2D eigenvalue weighted by atomic mass is 10.0. The molecule has 0 aromatic carbocycles. The minimum absolute atomic E-state index is 0.0996. The van der Waals surface area contributed by atoms with E-state index in [1.54, 1.807) is 0 Å². The van der Waals surface area contributed by atoms with Crippen LogP contribution in [0.15, 0.2) is 146 Å². The van der Waals surface area contributed by atoms with Crippen LogP contribution in [-0.4, -0.2) is 37.2 Å². The summed E-state index contributed by atoms with van der Waals surface area (Å²) in [5.74, 6) is -0.949. The van der Waals surface area contributed by atoms with Crippen LogP contribution in [0.5, 0.6) is 0 Å². The molecule has 0 aliphatic carbocycles. The van der Waals surface area contributed by atoms with Crippen molar-refractivity contribution in [3.8, 4) is 0 Å². The van der Waals surface area contributed by atoms with E-state index in [-0.39, 0.29) is 31.1 Å². The quantitative estimate of drug-likeness (QED) is 0.0261. The highest BCUT2D eigenvalue weighted by atomic mass is 16.6. The SMILES string of the molecule is CC/C=C\C/C=C\C/C=C\C/C=C\CCCCCCCCCCCCC(=O)OCC(COC(=O)CCCC/C=C\C/C=C\C/C=C\C/C=C\CC)OC(=O)CCCCCCCCCCCC/C=C\C/C=C\C/C=C\C/C=C\CC. The Balaban J connectivity index is 4.42. The normalized spacial score (nSPS) is 13.1. The van der Waals surface area contributed by atoms with E-state index >= 15 is 0 Å². The second kappa shape index (κ2) is 65.8. The Morgan fingerprint density at radius 3 is 0.734 bits per heavy atom. The third-order valence-electron chi connectivity index (χ3n) is 13.3. The molecule has 0 spiro atoms. The van der Waals surface area contributed by atoms with Crippen molar-refractivity contribution in [1.29, 1.82) is 0 Å². The van der Waals surface area contributed by atoms with Crippen molar-refractivity contribution >= 4 is 17.9 Å². The lowest BCUT2D eigenvalue weighted by Crippen LogP contribution is -2.30. The number of carbonyl (C=O) groups excluding carboxylic acids is 3. The van der Waals surface area contributed by atoms with Crippen LogP contribution in [0.4, 0.5) is 0 Å². The third kappa shape index (κ3) is 64.0. The molecule has 6 nitrogen and oxygen atoms in total. The maximum absolute atomic E-state index is 12.9. The highest BCUT2D eigenvalue weighted by molar-refractivity contribution is 5.71. The summed E-state index contributed by atoms with van der Waals surface area (Å²) in [4.78, 5) is 38.4. The molecule has 0 aromatic rings. The summed E-state index contributed by atoms with van der Waals surface area (Å²) >= 11 is 0. The first-order valence-electron chi connectivity index (χ1n) is 32.3. The zero-order chi connectivity index (χ0) is 57.1. The molecule has 446 valence electrons. The molecule has 0 heterocycles. The maximum atomic E-state index is 12.9. The smallest absolute Gasteiger partial charge is 0.306 e. The highest BCUT2D eigenvalue weighted by Crippen LogP contribution is 2.16. The van der Waals surface area contributed by atoms with Gasteiger partial charge in [0.25, 0.3) is 0 Å². The Morgan fingerprint density at radius 1 is 0.253 bits per heavy atom. The molecule has 1 unspecified atom stereocenters. The predicted molar refractivity (Wildman–Crippen MR) is 343 cm³/mol. The Labute approximate surface area is 487 Å². The van der Waals surface area contributed by atoms with Crippen LogP contribution in [0.2, 0.25) is 0 Å². The van der Waals surface area contributed by atoms with Crippen LogP contribution in [0, 0.1) is 0 Å². The molecule has 0 N–H and O–H groups in total. The van der Waals surface area contributed by atoms with Crippen LogP contribution in [-0.2, 0) is 28.6 Å². The number of rotatable bonds is 57. The van der Waals surface area contributed by atoms with Gasteiger partial charge in [0.1, 0.15) is 13.2 Å². The monoisotopic (exact) mass is 1090 g/mol. The largest absolute Gasteiger partial charge is 0.462 e. The molecule has 0 aliphatic heterocycles.